The summed E-state index contributed by atoms with van der Waals surface area (Å²) in [5, 5.41) is 0. The first-order valence-electron chi connectivity index (χ1n) is 5.60. The summed E-state index contributed by atoms with van der Waals surface area (Å²) in [5.74, 6) is 0. The minimum Gasteiger partial charge on any atom is -0.337 e. The van der Waals surface area contributed by atoms with E-state index in [1.165, 1.54) is 0 Å². The van der Waals surface area contributed by atoms with Crippen molar-refractivity contribution in [3.63, 3.8) is 0 Å². The van der Waals surface area contributed by atoms with Gasteiger partial charge >= 0.3 is 0 Å². The third-order valence-electron chi connectivity index (χ3n) is 2.56. The van der Waals surface area contributed by atoms with Crippen molar-refractivity contribution in [1.29, 1.82) is 0 Å². The molecule has 4 radical (unpaired) electrons. The van der Waals surface area contributed by atoms with E-state index in [-0.39, 0.29) is 27.3 Å². The second-order valence-electron chi connectivity index (χ2n) is 3.78. The molecule has 0 aliphatic heterocycles. The van der Waals surface area contributed by atoms with E-state index < -0.39 is 0 Å². The van der Waals surface area contributed by atoms with Gasteiger partial charge in [-0.15, -0.1) is 0 Å². The summed E-state index contributed by atoms with van der Waals surface area (Å²) in [4.78, 5) is 25.3. The van der Waals surface area contributed by atoms with Crippen LogP contribution in [0.15, 0.2) is 25.3 Å². The van der Waals surface area contributed by atoms with E-state index in [9.17, 15) is 0 Å². The molecule has 0 aliphatic rings. The topological polar surface area (TPSA) is 117 Å². The Kier molecular flexibility index (Phi) is 5.24. The summed E-state index contributed by atoms with van der Waals surface area (Å²) in [6.45, 7) is 0. The normalized spacial score (nSPS) is 9.90. The number of nitrogens with zero attached hydrogens (tertiary/aromatic N) is 2. The van der Waals surface area contributed by atoms with E-state index >= 15 is 0 Å². The van der Waals surface area contributed by atoms with Crippen LogP contribution in [0, 0.1) is 9.28 Å². The smallest absolute Gasteiger partial charge is 0.249 e. The average molecular weight is 514 g/mol. The molecule has 11 heteroatoms. The van der Waals surface area contributed by atoms with Gasteiger partial charge in [-0.25, -0.2) is 19.9 Å². The number of imidazole rings is 2. The van der Waals surface area contributed by atoms with Crippen LogP contribution in [-0.4, -0.2) is 57.2 Å². The SMILES string of the molecule is S=c1[nH+]c[nH]c2nc[nH]c12.S=c1[nH+]c[nH]c2nc[nH]c12.[Pb]. The van der Waals surface area contributed by atoms with Crippen molar-refractivity contribution >= 4 is 74.1 Å². The molecule has 4 rings (SSSR count). The number of H-pyrrole nitrogens is 6. The molecule has 0 unspecified atom stereocenters. The van der Waals surface area contributed by atoms with Gasteiger partial charge in [0.25, 0.3) is 0 Å². The van der Waals surface area contributed by atoms with Gasteiger partial charge in [0, 0.05) is 27.3 Å². The Morgan fingerprint density at radius 3 is 1.57 bits per heavy atom. The predicted octanol–water partition coefficient (Wildman–Crippen LogP) is 0.488. The Hall–Kier alpha value is -1.54. The van der Waals surface area contributed by atoms with Gasteiger partial charge in [0.2, 0.25) is 33.2 Å². The molecule has 8 nitrogen and oxygen atoms in total. The third-order valence-corrected chi connectivity index (χ3v) is 3.20. The van der Waals surface area contributed by atoms with Crippen LogP contribution in [0.5, 0.6) is 0 Å². The molecule has 6 N–H and O–H groups in total. The van der Waals surface area contributed by atoms with Crippen LogP contribution in [0.4, 0.5) is 0 Å². The van der Waals surface area contributed by atoms with Crippen molar-refractivity contribution in [3.8, 4) is 0 Å². The van der Waals surface area contributed by atoms with Crippen molar-refractivity contribution in [3.05, 3.63) is 34.6 Å². The molecule has 0 saturated heterocycles. The number of nitrogens with one attached hydrogen (secondary N) is 6. The van der Waals surface area contributed by atoms with Crippen LogP contribution in [0.25, 0.3) is 22.3 Å². The molecule has 4 aromatic rings. The minimum absolute atomic E-state index is 0. The maximum absolute atomic E-state index is 4.96. The van der Waals surface area contributed by atoms with Gasteiger partial charge in [-0.3, -0.25) is 0 Å². The molecular weight excluding hydrogens is 504 g/mol. The van der Waals surface area contributed by atoms with E-state index in [1.54, 1.807) is 25.3 Å². The molecule has 4 aromatic heterocycles. The maximum atomic E-state index is 4.96. The van der Waals surface area contributed by atoms with Crippen LogP contribution < -0.4 is 9.97 Å². The molecule has 0 aliphatic carbocycles. The van der Waals surface area contributed by atoms with Gasteiger partial charge in [-0.1, -0.05) is 0 Å². The number of hydrogen-bond acceptors (Lipinski definition) is 4. The Morgan fingerprint density at radius 2 is 1.19 bits per heavy atom. The summed E-state index contributed by atoms with van der Waals surface area (Å²) in [7, 11) is 0. The third kappa shape index (κ3) is 3.38. The van der Waals surface area contributed by atoms with E-state index in [0.717, 1.165) is 22.3 Å². The van der Waals surface area contributed by atoms with Gasteiger partial charge in [-0.05, 0) is 24.4 Å². The number of aromatic nitrogens is 8. The van der Waals surface area contributed by atoms with E-state index in [0.29, 0.717) is 9.28 Å². The fourth-order valence-electron chi connectivity index (χ4n) is 1.64. The number of hydrogen-bond donors (Lipinski definition) is 4. The minimum atomic E-state index is 0. The number of aromatic amines is 6. The molecule has 0 bridgehead atoms. The van der Waals surface area contributed by atoms with E-state index in [4.69, 9.17) is 24.4 Å². The Balaban J connectivity index is 0.000000147. The van der Waals surface area contributed by atoms with Crippen molar-refractivity contribution < 1.29 is 9.97 Å². The molecule has 21 heavy (non-hydrogen) atoms. The maximum Gasteiger partial charge on any atom is 0.249 e. The second kappa shape index (κ2) is 6.95. The first-order valence-corrected chi connectivity index (χ1v) is 6.42. The van der Waals surface area contributed by atoms with Crippen molar-refractivity contribution in [2.75, 3.05) is 0 Å². The average Bonchev–Trinajstić information content (AvgIpc) is 3.08. The molecular formula is C10H10N8PbS2+2. The summed E-state index contributed by atoms with van der Waals surface area (Å²) < 4.78 is 1.34. The summed E-state index contributed by atoms with van der Waals surface area (Å²) in [5.41, 5.74) is 3.25. The van der Waals surface area contributed by atoms with Crippen molar-refractivity contribution in [2.24, 2.45) is 0 Å². The van der Waals surface area contributed by atoms with E-state index in [1.807, 2.05) is 0 Å². The van der Waals surface area contributed by atoms with Crippen LogP contribution in [0.1, 0.15) is 0 Å². The standard InChI is InChI=1S/2C5H4N4S.Pb/c2*10-5-3-4(7-1-6-3)8-2-9-5;/h2*1-2H,(H2,6,7,8,9,10);/p+2. The molecule has 0 aromatic carbocycles. The van der Waals surface area contributed by atoms with Crippen LogP contribution >= 0.6 is 24.4 Å². The van der Waals surface area contributed by atoms with Crippen LogP contribution in [0.3, 0.4) is 0 Å². The van der Waals surface area contributed by atoms with Gasteiger partial charge < -0.3 is 9.97 Å². The fourth-order valence-corrected chi connectivity index (χ4v) is 2.07. The van der Waals surface area contributed by atoms with Crippen molar-refractivity contribution in [2.45, 2.75) is 0 Å². The van der Waals surface area contributed by atoms with Gasteiger partial charge in [0.1, 0.15) is 0 Å². The van der Waals surface area contributed by atoms with Crippen LogP contribution in [0.2, 0.25) is 0 Å². The summed E-state index contributed by atoms with van der Waals surface area (Å²) in [6.07, 6.45) is 6.52. The molecule has 0 amide bonds. The van der Waals surface area contributed by atoms with E-state index in [2.05, 4.69) is 39.9 Å². The predicted molar refractivity (Wildman–Crippen MR) is 81.4 cm³/mol. The quantitative estimate of drug-likeness (QED) is 0.202. The first kappa shape index (κ1) is 15.8. The zero-order valence-electron chi connectivity index (χ0n) is 10.5. The van der Waals surface area contributed by atoms with Crippen molar-refractivity contribution in [1.82, 2.24) is 29.9 Å². The zero-order chi connectivity index (χ0) is 13.9. The molecule has 4 heterocycles. The molecule has 0 saturated carbocycles. The monoisotopic (exact) mass is 514 g/mol. The first-order chi connectivity index (χ1) is 9.75. The Bertz CT molecular complexity index is 888. The molecule has 104 valence electrons. The number of rotatable bonds is 0. The van der Waals surface area contributed by atoms with Gasteiger partial charge in [0.15, 0.2) is 11.0 Å². The van der Waals surface area contributed by atoms with Crippen LogP contribution in [-0.2, 0) is 0 Å². The summed E-state index contributed by atoms with van der Waals surface area (Å²) >= 11 is 9.92. The Morgan fingerprint density at radius 1 is 0.762 bits per heavy atom. The fraction of sp³-hybridized carbons (Fsp3) is 0. The second-order valence-corrected chi connectivity index (χ2v) is 4.59. The summed E-state index contributed by atoms with van der Waals surface area (Å²) in [6, 6.07) is 0. The zero-order valence-corrected chi connectivity index (χ0v) is 16.0. The molecule has 0 fully saturated rings. The molecule has 0 spiro atoms. The molecule has 0 atom stereocenters. The largest absolute Gasteiger partial charge is 0.337 e. The number of fused-ring (bicyclic) bond motifs is 2. The Labute approximate surface area is 148 Å². The van der Waals surface area contributed by atoms with Gasteiger partial charge in [-0.2, -0.15) is 9.97 Å². The van der Waals surface area contributed by atoms with Gasteiger partial charge in [0.05, 0.1) is 12.7 Å².